The molecule has 1 aromatic rings. The van der Waals surface area contributed by atoms with Crippen molar-refractivity contribution in [3.8, 4) is 6.07 Å². The molecule has 108 valence electrons. The van der Waals surface area contributed by atoms with Gasteiger partial charge in [-0.15, -0.1) is 0 Å². The first-order valence-corrected chi connectivity index (χ1v) is 6.37. The molecule has 5 heteroatoms. The van der Waals surface area contributed by atoms with Crippen molar-refractivity contribution < 1.29 is 14.3 Å². The van der Waals surface area contributed by atoms with Crippen LogP contribution in [-0.2, 0) is 9.47 Å². The van der Waals surface area contributed by atoms with Crippen LogP contribution in [0.2, 0.25) is 0 Å². The number of nitriles is 1. The number of carbonyl (C=O) groups is 1. The Kier molecular flexibility index (Phi) is 5.53. The minimum absolute atomic E-state index is 0.386. The summed E-state index contributed by atoms with van der Waals surface area (Å²) in [6.07, 6.45) is -0.431. The van der Waals surface area contributed by atoms with Gasteiger partial charge in [-0.25, -0.2) is 4.79 Å². The zero-order valence-corrected chi connectivity index (χ0v) is 12.3. The maximum Gasteiger partial charge on any atom is 0.414 e. The number of benzene rings is 1. The Labute approximate surface area is 119 Å². The van der Waals surface area contributed by atoms with Crippen LogP contribution in [0.15, 0.2) is 24.3 Å². The lowest BCUT2D eigenvalue weighted by Crippen LogP contribution is -2.38. The van der Waals surface area contributed by atoms with Gasteiger partial charge in [0.15, 0.2) is 0 Å². The SMILES string of the molecule is COCCN(C(=O)OC(C)(C)C)c1ccc(C#N)cc1. The van der Waals surface area contributed by atoms with Gasteiger partial charge in [0, 0.05) is 12.8 Å². The molecule has 1 amide bonds. The van der Waals surface area contributed by atoms with Crippen LogP contribution in [0.1, 0.15) is 26.3 Å². The smallest absolute Gasteiger partial charge is 0.414 e. The number of carbonyl (C=O) groups excluding carboxylic acids is 1. The van der Waals surface area contributed by atoms with Gasteiger partial charge < -0.3 is 9.47 Å². The Morgan fingerprint density at radius 2 is 1.90 bits per heavy atom. The number of anilines is 1. The highest BCUT2D eigenvalue weighted by Gasteiger charge is 2.23. The monoisotopic (exact) mass is 276 g/mol. The van der Waals surface area contributed by atoms with Crippen LogP contribution in [-0.4, -0.2) is 32.0 Å². The number of amides is 1. The van der Waals surface area contributed by atoms with Crippen LogP contribution in [0.3, 0.4) is 0 Å². The summed E-state index contributed by atoms with van der Waals surface area (Å²) in [5.74, 6) is 0. The largest absolute Gasteiger partial charge is 0.443 e. The average molecular weight is 276 g/mol. The Morgan fingerprint density at radius 3 is 2.35 bits per heavy atom. The number of ether oxygens (including phenoxy) is 2. The third kappa shape index (κ3) is 4.90. The maximum absolute atomic E-state index is 12.2. The lowest BCUT2D eigenvalue weighted by atomic mass is 10.2. The van der Waals surface area contributed by atoms with Crippen LogP contribution in [0.5, 0.6) is 0 Å². The normalized spacial score (nSPS) is 10.8. The van der Waals surface area contributed by atoms with E-state index in [2.05, 4.69) is 0 Å². The highest BCUT2D eigenvalue weighted by molar-refractivity contribution is 5.87. The zero-order chi connectivity index (χ0) is 15.2. The van der Waals surface area contributed by atoms with E-state index in [-0.39, 0.29) is 0 Å². The molecule has 0 unspecified atom stereocenters. The highest BCUT2D eigenvalue weighted by Crippen LogP contribution is 2.18. The molecule has 0 fully saturated rings. The molecule has 0 aromatic heterocycles. The summed E-state index contributed by atoms with van der Waals surface area (Å²) in [7, 11) is 1.58. The van der Waals surface area contributed by atoms with E-state index in [1.807, 2.05) is 26.8 Å². The maximum atomic E-state index is 12.2. The quantitative estimate of drug-likeness (QED) is 0.848. The van der Waals surface area contributed by atoms with Crippen LogP contribution in [0.4, 0.5) is 10.5 Å². The minimum atomic E-state index is -0.561. The number of hydrogen-bond acceptors (Lipinski definition) is 4. The van der Waals surface area contributed by atoms with E-state index in [0.29, 0.717) is 24.4 Å². The first kappa shape index (κ1) is 16.0. The molecule has 0 aliphatic heterocycles. The van der Waals surface area contributed by atoms with Crippen molar-refractivity contribution in [2.24, 2.45) is 0 Å². The van der Waals surface area contributed by atoms with E-state index in [0.717, 1.165) is 0 Å². The average Bonchev–Trinajstić information content (AvgIpc) is 2.38. The number of nitrogens with zero attached hydrogens (tertiary/aromatic N) is 2. The molecule has 1 rings (SSSR count). The molecule has 0 N–H and O–H groups in total. The molecule has 0 radical (unpaired) electrons. The second-order valence-electron chi connectivity index (χ2n) is 5.28. The van der Waals surface area contributed by atoms with Gasteiger partial charge in [0.05, 0.1) is 24.8 Å². The van der Waals surface area contributed by atoms with E-state index >= 15 is 0 Å². The van der Waals surface area contributed by atoms with E-state index in [9.17, 15) is 4.79 Å². The zero-order valence-electron chi connectivity index (χ0n) is 12.3. The molecular formula is C15H20N2O3. The molecule has 1 aromatic carbocycles. The van der Waals surface area contributed by atoms with Crippen molar-refractivity contribution in [3.05, 3.63) is 29.8 Å². The molecule has 0 aliphatic carbocycles. The predicted molar refractivity (Wildman–Crippen MR) is 76.6 cm³/mol. The molecule has 0 bridgehead atoms. The van der Waals surface area contributed by atoms with Gasteiger partial charge >= 0.3 is 6.09 Å². The molecule has 0 heterocycles. The van der Waals surface area contributed by atoms with Crippen molar-refractivity contribution in [1.82, 2.24) is 0 Å². The van der Waals surface area contributed by atoms with Crippen molar-refractivity contribution in [2.45, 2.75) is 26.4 Å². The number of rotatable bonds is 4. The topological polar surface area (TPSA) is 62.6 Å². The summed E-state index contributed by atoms with van der Waals surface area (Å²) in [5.41, 5.74) is 0.662. The number of hydrogen-bond donors (Lipinski definition) is 0. The lowest BCUT2D eigenvalue weighted by Gasteiger charge is -2.27. The Bertz CT molecular complexity index is 483. The first-order chi connectivity index (χ1) is 9.37. The molecule has 0 saturated carbocycles. The van der Waals surface area contributed by atoms with Gasteiger partial charge in [-0.3, -0.25) is 4.90 Å². The van der Waals surface area contributed by atoms with Crippen LogP contribution in [0.25, 0.3) is 0 Å². The molecule has 0 aliphatic rings. The Morgan fingerprint density at radius 1 is 1.30 bits per heavy atom. The summed E-state index contributed by atoms with van der Waals surface area (Å²) in [6.45, 7) is 6.24. The Balaban J connectivity index is 2.93. The fraction of sp³-hybridized carbons (Fsp3) is 0.467. The second-order valence-corrected chi connectivity index (χ2v) is 5.28. The Hall–Kier alpha value is -2.06. The van der Waals surface area contributed by atoms with Crippen LogP contribution >= 0.6 is 0 Å². The van der Waals surface area contributed by atoms with Crippen LogP contribution in [0, 0.1) is 11.3 Å². The lowest BCUT2D eigenvalue weighted by molar-refractivity contribution is 0.0569. The summed E-state index contributed by atoms with van der Waals surface area (Å²) in [6, 6.07) is 8.82. The molecular weight excluding hydrogens is 256 g/mol. The fourth-order valence-electron chi connectivity index (χ4n) is 1.54. The molecule has 0 atom stereocenters. The van der Waals surface area contributed by atoms with Gasteiger partial charge in [0.25, 0.3) is 0 Å². The van der Waals surface area contributed by atoms with Crippen molar-refractivity contribution in [1.29, 1.82) is 5.26 Å². The van der Waals surface area contributed by atoms with Gasteiger partial charge in [-0.2, -0.15) is 5.26 Å². The van der Waals surface area contributed by atoms with Gasteiger partial charge in [-0.05, 0) is 45.0 Å². The van der Waals surface area contributed by atoms with Crippen molar-refractivity contribution >= 4 is 11.8 Å². The van der Waals surface area contributed by atoms with E-state index < -0.39 is 11.7 Å². The third-order valence-electron chi connectivity index (χ3n) is 2.44. The minimum Gasteiger partial charge on any atom is -0.443 e. The molecule has 5 nitrogen and oxygen atoms in total. The van der Waals surface area contributed by atoms with E-state index in [1.54, 1.807) is 31.4 Å². The van der Waals surface area contributed by atoms with E-state index in [4.69, 9.17) is 14.7 Å². The highest BCUT2D eigenvalue weighted by atomic mass is 16.6. The van der Waals surface area contributed by atoms with Gasteiger partial charge in [-0.1, -0.05) is 0 Å². The standard InChI is InChI=1S/C15H20N2O3/c1-15(2,3)20-14(18)17(9-10-19-4)13-7-5-12(11-16)6-8-13/h5-8H,9-10H2,1-4H3. The first-order valence-electron chi connectivity index (χ1n) is 6.37. The number of methoxy groups -OCH3 is 1. The fourth-order valence-corrected chi connectivity index (χ4v) is 1.54. The van der Waals surface area contributed by atoms with Crippen LogP contribution < -0.4 is 4.90 Å². The van der Waals surface area contributed by atoms with Gasteiger partial charge in [0.2, 0.25) is 0 Å². The van der Waals surface area contributed by atoms with E-state index in [1.165, 1.54) is 4.90 Å². The summed E-state index contributed by atoms with van der Waals surface area (Å²) in [5, 5.41) is 8.80. The summed E-state index contributed by atoms with van der Waals surface area (Å²) < 4.78 is 10.4. The van der Waals surface area contributed by atoms with Crippen molar-refractivity contribution in [3.63, 3.8) is 0 Å². The van der Waals surface area contributed by atoms with Crippen molar-refractivity contribution in [2.75, 3.05) is 25.2 Å². The summed E-state index contributed by atoms with van der Waals surface area (Å²) >= 11 is 0. The molecule has 20 heavy (non-hydrogen) atoms. The molecule has 0 saturated heterocycles. The second kappa shape index (κ2) is 6.92. The predicted octanol–water partition coefficient (Wildman–Crippen LogP) is 2.95. The van der Waals surface area contributed by atoms with Gasteiger partial charge in [0.1, 0.15) is 5.60 Å². The molecule has 0 spiro atoms. The summed E-state index contributed by atoms with van der Waals surface area (Å²) in [4.78, 5) is 13.7. The third-order valence-corrected chi connectivity index (χ3v) is 2.44.